The Balaban J connectivity index is 0.000000980. The minimum atomic E-state index is 0. The van der Waals surface area contributed by atoms with Gasteiger partial charge in [-0.05, 0) is 31.0 Å². The number of hydrogen-bond acceptors (Lipinski definition) is 2. The molecule has 0 radical (unpaired) electrons. The molecule has 4 heteroatoms. The van der Waals surface area contributed by atoms with Crippen LogP contribution < -0.4 is 21.5 Å². The summed E-state index contributed by atoms with van der Waals surface area (Å²) in [6.07, 6.45) is 2.14. The molecule has 0 saturated carbocycles. The Morgan fingerprint density at radius 3 is 2.71 bits per heavy atom. The number of halogens is 1. The summed E-state index contributed by atoms with van der Waals surface area (Å²) in [5, 5.41) is 0. The third-order valence-corrected chi connectivity index (χ3v) is 4.34. The molecule has 0 aliphatic heterocycles. The molecule has 0 bridgehead atoms. The molecular formula is C10H12BrNS2. The number of benzene rings is 1. The maximum atomic E-state index is 2.37. The van der Waals surface area contributed by atoms with Gasteiger partial charge in [0.05, 0.1) is 0 Å². The van der Waals surface area contributed by atoms with Crippen LogP contribution in [0.15, 0.2) is 28.6 Å². The maximum absolute atomic E-state index is 2.37. The quantitative estimate of drug-likeness (QED) is 0.553. The van der Waals surface area contributed by atoms with Crippen molar-refractivity contribution in [2.75, 3.05) is 6.26 Å². The van der Waals surface area contributed by atoms with Gasteiger partial charge in [0, 0.05) is 6.07 Å². The fourth-order valence-corrected chi connectivity index (χ4v) is 3.47. The Morgan fingerprint density at radius 1 is 1.36 bits per heavy atom. The average Bonchev–Trinajstić information content (AvgIpc) is 2.55. The lowest BCUT2D eigenvalue weighted by Gasteiger charge is -1.90. The number of nitrogens with zero attached hydrogens (tertiary/aromatic N) is 1. The molecule has 1 aromatic heterocycles. The first-order valence-electron chi connectivity index (χ1n) is 4.32. The molecule has 1 nitrogen and oxygen atoms in total. The minimum absolute atomic E-state index is 0. The Labute approximate surface area is 103 Å². The van der Waals surface area contributed by atoms with E-state index in [2.05, 4.69) is 42.0 Å². The van der Waals surface area contributed by atoms with Crippen LogP contribution in [-0.2, 0) is 6.54 Å². The molecular weight excluding hydrogens is 278 g/mol. The van der Waals surface area contributed by atoms with Gasteiger partial charge in [0.2, 0.25) is 5.52 Å². The summed E-state index contributed by atoms with van der Waals surface area (Å²) in [5.41, 5.74) is 1.36. The van der Waals surface area contributed by atoms with Gasteiger partial charge in [-0.1, -0.05) is 23.5 Å². The lowest BCUT2D eigenvalue weighted by atomic mass is 10.3. The molecule has 76 valence electrons. The normalized spacial score (nSPS) is 10.1. The van der Waals surface area contributed by atoms with E-state index >= 15 is 0 Å². The number of fused-ring (bicyclic) bond motifs is 1. The van der Waals surface area contributed by atoms with E-state index in [0.717, 1.165) is 6.54 Å². The van der Waals surface area contributed by atoms with Gasteiger partial charge < -0.3 is 17.0 Å². The highest BCUT2D eigenvalue weighted by atomic mass is 79.9. The lowest BCUT2D eigenvalue weighted by molar-refractivity contribution is -0.698. The number of thiazole rings is 1. The molecule has 0 saturated heterocycles. The molecule has 0 aliphatic rings. The van der Waals surface area contributed by atoms with Gasteiger partial charge in [0.15, 0.2) is 0 Å². The molecule has 14 heavy (non-hydrogen) atoms. The summed E-state index contributed by atoms with van der Waals surface area (Å²) < 4.78 is 5.14. The summed E-state index contributed by atoms with van der Waals surface area (Å²) >= 11 is 3.70. The van der Waals surface area contributed by atoms with Crippen molar-refractivity contribution < 1.29 is 21.5 Å². The topological polar surface area (TPSA) is 3.88 Å². The highest BCUT2D eigenvalue weighted by Crippen LogP contribution is 2.25. The van der Waals surface area contributed by atoms with Crippen LogP contribution in [0.2, 0.25) is 0 Å². The summed E-state index contributed by atoms with van der Waals surface area (Å²) in [4.78, 5) is 0. The van der Waals surface area contributed by atoms with Crippen LogP contribution in [0.5, 0.6) is 0 Å². The molecule has 0 aliphatic carbocycles. The second kappa shape index (κ2) is 5.14. The van der Waals surface area contributed by atoms with Crippen LogP contribution in [0.1, 0.15) is 6.92 Å². The summed E-state index contributed by atoms with van der Waals surface area (Å²) in [5.74, 6) is 0. The smallest absolute Gasteiger partial charge is 0.298 e. The molecule has 0 fully saturated rings. The minimum Gasteiger partial charge on any atom is -1.00 e. The van der Waals surface area contributed by atoms with Crippen molar-refractivity contribution in [1.82, 2.24) is 0 Å². The SMILES string of the molecule is CC[n+]1c(SC)sc2ccccc21.[Br-]. The van der Waals surface area contributed by atoms with Crippen LogP contribution in [-0.4, -0.2) is 6.26 Å². The second-order valence-corrected chi connectivity index (χ2v) is 4.87. The van der Waals surface area contributed by atoms with Crippen molar-refractivity contribution in [1.29, 1.82) is 0 Å². The third-order valence-electron chi connectivity index (χ3n) is 2.06. The van der Waals surface area contributed by atoms with Crippen LogP contribution in [0, 0.1) is 0 Å². The molecule has 0 unspecified atom stereocenters. The first-order chi connectivity index (χ1) is 6.36. The fraction of sp³-hybridized carbons (Fsp3) is 0.300. The van der Waals surface area contributed by atoms with Crippen molar-refractivity contribution >= 4 is 33.3 Å². The largest absolute Gasteiger partial charge is 1.00 e. The lowest BCUT2D eigenvalue weighted by Crippen LogP contribution is -3.00. The predicted molar refractivity (Wildman–Crippen MR) is 59.5 cm³/mol. The first-order valence-corrected chi connectivity index (χ1v) is 6.36. The Hall–Kier alpha value is -0.0600. The molecule has 1 heterocycles. The zero-order valence-corrected chi connectivity index (χ0v) is 11.4. The van der Waals surface area contributed by atoms with Crippen molar-refractivity contribution in [3.63, 3.8) is 0 Å². The van der Waals surface area contributed by atoms with Crippen molar-refractivity contribution in [3.8, 4) is 0 Å². The molecule has 2 rings (SSSR count). The van der Waals surface area contributed by atoms with Gasteiger partial charge in [-0.3, -0.25) is 0 Å². The number of aryl methyl sites for hydroxylation is 1. The monoisotopic (exact) mass is 289 g/mol. The van der Waals surface area contributed by atoms with E-state index in [-0.39, 0.29) is 17.0 Å². The Bertz CT molecular complexity index is 425. The van der Waals surface area contributed by atoms with Crippen LogP contribution in [0.25, 0.3) is 10.2 Å². The van der Waals surface area contributed by atoms with Gasteiger partial charge in [-0.15, -0.1) is 0 Å². The van der Waals surface area contributed by atoms with Crippen LogP contribution in [0.3, 0.4) is 0 Å². The predicted octanol–water partition coefficient (Wildman–Crippen LogP) is -0.0654. The van der Waals surface area contributed by atoms with Gasteiger partial charge in [0.1, 0.15) is 11.2 Å². The summed E-state index contributed by atoms with van der Waals surface area (Å²) in [6, 6.07) is 8.58. The number of aromatic nitrogens is 1. The van der Waals surface area contributed by atoms with E-state index in [9.17, 15) is 0 Å². The molecule has 1 aromatic carbocycles. The van der Waals surface area contributed by atoms with Crippen LogP contribution in [0.4, 0.5) is 0 Å². The highest BCUT2D eigenvalue weighted by molar-refractivity contribution is 8.00. The Morgan fingerprint density at radius 2 is 2.07 bits per heavy atom. The van der Waals surface area contributed by atoms with E-state index < -0.39 is 0 Å². The average molecular weight is 290 g/mol. The molecule has 2 aromatic rings. The van der Waals surface area contributed by atoms with Crippen molar-refractivity contribution in [2.24, 2.45) is 0 Å². The Kier molecular flexibility index (Phi) is 4.41. The maximum Gasteiger partial charge on any atom is 0.298 e. The zero-order chi connectivity index (χ0) is 9.26. The van der Waals surface area contributed by atoms with Gasteiger partial charge in [0.25, 0.3) is 4.34 Å². The molecule has 0 atom stereocenters. The second-order valence-electron chi connectivity index (χ2n) is 2.78. The third kappa shape index (κ3) is 1.97. The van der Waals surface area contributed by atoms with E-state index in [1.54, 1.807) is 0 Å². The van der Waals surface area contributed by atoms with Gasteiger partial charge in [-0.25, -0.2) is 0 Å². The van der Waals surface area contributed by atoms with Crippen molar-refractivity contribution in [2.45, 2.75) is 17.8 Å². The summed E-state index contributed by atoms with van der Waals surface area (Å²) in [6.45, 7) is 3.25. The number of thioether (sulfide) groups is 1. The fourth-order valence-electron chi connectivity index (χ4n) is 1.47. The summed E-state index contributed by atoms with van der Waals surface area (Å²) in [7, 11) is 0. The molecule has 0 spiro atoms. The van der Waals surface area contributed by atoms with E-state index in [1.165, 1.54) is 14.6 Å². The number of hydrogen-bond donors (Lipinski definition) is 0. The van der Waals surface area contributed by atoms with Crippen molar-refractivity contribution in [3.05, 3.63) is 24.3 Å². The molecule has 0 N–H and O–H groups in total. The highest BCUT2D eigenvalue weighted by Gasteiger charge is 2.16. The van der Waals surface area contributed by atoms with Gasteiger partial charge in [-0.2, -0.15) is 4.57 Å². The zero-order valence-electron chi connectivity index (χ0n) is 8.16. The van der Waals surface area contributed by atoms with E-state index in [1.807, 2.05) is 23.1 Å². The van der Waals surface area contributed by atoms with Crippen LogP contribution >= 0.6 is 23.1 Å². The number of rotatable bonds is 2. The van der Waals surface area contributed by atoms with E-state index in [4.69, 9.17) is 0 Å². The van der Waals surface area contributed by atoms with Gasteiger partial charge >= 0.3 is 0 Å². The number of para-hydroxylation sites is 1. The van der Waals surface area contributed by atoms with E-state index in [0.29, 0.717) is 0 Å². The molecule has 0 amide bonds. The first kappa shape index (κ1) is 12.0. The standard InChI is InChI=1S/C10H12NS2.BrH/c1-3-11-8-6-4-5-7-9(8)13-10(11)12-2;/h4-7H,3H2,1-2H3;1H/q+1;/p-1.